The molecule has 29 heavy (non-hydrogen) atoms. The Hall–Kier alpha value is -3.22. The maximum absolute atomic E-state index is 6.13. The molecular weight excluding hydrogens is 364 g/mol. The van der Waals surface area contributed by atoms with Crippen molar-refractivity contribution in [2.75, 3.05) is 30.4 Å². The van der Waals surface area contributed by atoms with Crippen LogP contribution in [0.2, 0.25) is 0 Å². The molecule has 2 heterocycles. The number of aryl methyl sites for hydroxylation is 2. The molecule has 1 fully saturated rings. The molecular formula is C22H28N6O. The highest BCUT2D eigenvalue weighted by Crippen LogP contribution is 2.27. The van der Waals surface area contributed by atoms with E-state index in [1.54, 1.807) is 7.11 Å². The van der Waals surface area contributed by atoms with E-state index < -0.39 is 6.29 Å². The number of nitrogens with one attached hydrogen (secondary N) is 1. The topological polar surface area (TPSA) is 78.5 Å². The number of likely N-dealkylation sites (tertiary alicyclic amines) is 1. The van der Waals surface area contributed by atoms with E-state index >= 15 is 0 Å². The molecule has 0 radical (unpaired) electrons. The molecule has 0 amide bonds. The third-order valence-electron chi connectivity index (χ3n) is 5.19. The SMILES string of the molecule is COc1ccc(N2C(N3CCCC3)=NC(N)=NC2Nc2cc(C)cc(C)c2)cc1. The molecule has 0 spiro atoms. The lowest BCUT2D eigenvalue weighted by Gasteiger charge is -2.38. The minimum atomic E-state index is -0.391. The number of guanidine groups is 2. The number of hydrogen-bond donors (Lipinski definition) is 2. The number of ether oxygens (including phenoxy) is 1. The lowest BCUT2D eigenvalue weighted by Crippen LogP contribution is -2.54. The molecule has 0 saturated carbocycles. The zero-order chi connectivity index (χ0) is 20.4. The van der Waals surface area contributed by atoms with Crippen LogP contribution in [0, 0.1) is 13.8 Å². The lowest BCUT2D eigenvalue weighted by molar-refractivity contribution is 0.415. The first kappa shape index (κ1) is 19.1. The molecule has 2 aromatic carbocycles. The van der Waals surface area contributed by atoms with E-state index in [0.29, 0.717) is 5.96 Å². The summed E-state index contributed by atoms with van der Waals surface area (Å²) >= 11 is 0. The van der Waals surface area contributed by atoms with E-state index in [9.17, 15) is 0 Å². The van der Waals surface area contributed by atoms with E-state index in [-0.39, 0.29) is 0 Å². The van der Waals surface area contributed by atoms with Crippen molar-refractivity contribution in [1.82, 2.24) is 4.90 Å². The number of methoxy groups -OCH3 is 1. The van der Waals surface area contributed by atoms with Gasteiger partial charge in [-0.15, -0.1) is 0 Å². The van der Waals surface area contributed by atoms with Gasteiger partial charge in [-0.2, -0.15) is 4.99 Å². The highest BCUT2D eigenvalue weighted by Gasteiger charge is 2.32. The van der Waals surface area contributed by atoms with Gasteiger partial charge in [0, 0.05) is 24.5 Å². The quantitative estimate of drug-likeness (QED) is 0.835. The van der Waals surface area contributed by atoms with Crippen LogP contribution in [0.5, 0.6) is 5.75 Å². The number of benzene rings is 2. The Bertz CT molecular complexity index is 911. The molecule has 152 valence electrons. The predicted molar refractivity (Wildman–Crippen MR) is 119 cm³/mol. The van der Waals surface area contributed by atoms with Crippen LogP contribution in [0.25, 0.3) is 0 Å². The van der Waals surface area contributed by atoms with Crippen molar-refractivity contribution < 1.29 is 4.74 Å². The Labute approximate surface area is 171 Å². The number of aliphatic imine (C=N–C) groups is 2. The van der Waals surface area contributed by atoms with Crippen molar-refractivity contribution in [3.63, 3.8) is 0 Å². The molecule has 2 aliphatic rings. The van der Waals surface area contributed by atoms with Crippen LogP contribution in [0.4, 0.5) is 11.4 Å². The van der Waals surface area contributed by atoms with Gasteiger partial charge in [-0.3, -0.25) is 4.90 Å². The van der Waals surface area contributed by atoms with Crippen LogP contribution in [-0.4, -0.2) is 43.3 Å². The highest BCUT2D eigenvalue weighted by molar-refractivity contribution is 6.06. The number of anilines is 2. The second kappa shape index (κ2) is 8.03. The summed E-state index contributed by atoms with van der Waals surface area (Å²) < 4.78 is 5.33. The number of nitrogens with zero attached hydrogens (tertiary/aromatic N) is 4. The molecule has 7 heteroatoms. The molecule has 7 nitrogen and oxygen atoms in total. The van der Waals surface area contributed by atoms with Gasteiger partial charge < -0.3 is 20.7 Å². The maximum atomic E-state index is 6.13. The summed E-state index contributed by atoms with van der Waals surface area (Å²) in [7, 11) is 1.67. The second-order valence-corrected chi connectivity index (χ2v) is 7.56. The van der Waals surface area contributed by atoms with Crippen LogP contribution in [-0.2, 0) is 0 Å². The van der Waals surface area contributed by atoms with Gasteiger partial charge in [0.2, 0.25) is 18.2 Å². The first-order chi connectivity index (χ1) is 14.0. The fraction of sp³-hybridized carbons (Fsp3) is 0.364. The van der Waals surface area contributed by atoms with Gasteiger partial charge in [0.05, 0.1) is 7.11 Å². The summed E-state index contributed by atoms with van der Waals surface area (Å²) in [6.07, 6.45) is 1.92. The maximum Gasteiger partial charge on any atom is 0.222 e. The van der Waals surface area contributed by atoms with Gasteiger partial charge in [-0.25, -0.2) is 4.99 Å². The third kappa shape index (κ3) is 4.13. The molecule has 1 saturated heterocycles. The Kier molecular flexibility index (Phi) is 5.29. The Morgan fingerprint density at radius 3 is 2.31 bits per heavy atom. The Morgan fingerprint density at radius 2 is 1.69 bits per heavy atom. The van der Waals surface area contributed by atoms with E-state index in [1.165, 1.54) is 11.1 Å². The highest BCUT2D eigenvalue weighted by atomic mass is 16.5. The van der Waals surface area contributed by atoms with Crippen molar-refractivity contribution in [1.29, 1.82) is 0 Å². The number of nitrogens with two attached hydrogens (primary N) is 1. The summed E-state index contributed by atoms with van der Waals surface area (Å²) in [6.45, 7) is 6.12. The van der Waals surface area contributed by atoms with E-state index in [4.69, 9.17) is 10.5 Å². The molecule has 1 atom stereocenters. The Morgan fingerprint density at radius 1 is 1.03 bits per heavy atom. The van der Waals surface area contributed by atoms with Gasteiger partial charge in [0.1, 0.15) is 5.75 Å². The van der Waals surface area contributed by atoms with Crippen LogP contribution in [0.1, 0.15) is 24.0 Å². The van der Waals surface area contributed by atoms with E-state index in [2.05, 4.69) is 57.1 Å². The van der Waals surface area contributed by atoms with E-state index in [0.717, 1.165) is 49.0 Å². The molecule has 2 aliphatic heterocycles. The minimum absolute atomic E-state index is 0.290. The summed E-state index contributed by atoms with van der Waals surface area (Å²) in [5, 5.41) is 3.54. The first-order valence-corrected chi connectivity index (χ1v) is 9.98. The largest absolute Gasteiger partial charge is 0.497 e. The number of rotatable bonds is 4. The molecule has 0 aliphatic carbocycles. The smallest absolute Gasteiger partial charge is 0.222 e. The summed E-state index contributed by atoms with van der Waals surface area (Å²) in [6, 6.07) is 14.3. The van der Waals surface area contributed by atoms with Gasteiger partial charge >= 0.3 is 0 Å². The van der Waals surface area contributed by atoms with Gasteiger partial charge in [-0.1, -0.05) is 6.07 Å². The molecule has 3 N–H and O–H groups in total. The average Bonchev–Trinajstić information content (AvgIpc) is 3.22. The fourth-order valence-corrected chi connectivity index (χ4v) is 3.92. The molecule has 1 unspecified atom stereocenters. The first-order valence-electron chi connectivity index (χ1n) is 9.98. The van der Waals surface area contributed by atoms with Crippen LogP contribution in [0.15, 0.2) is 52.4 Å². The van der Waals surface area contributed by atoms with Crippen molar-refractivity contribution in [2.24, 2.45) is 15.7 Å². The normalized spacial score (nSPS) is 19.1. The summed E-state index contributed by atoms with van der Waals surface area (Å²) in [5.41, 5.74) is 10.5. The molecule has 0 aromatic heterocycles. The summed E-state index contributed by atoms with van der Waals surface area (Å²) in [4.78, 5) is 13.6. The predicted octanol–water partition coefficient (Wildman–Crippen LogP) is 3.29. The van der Waals surface area contributed by atoms with Gasteiger partial charge in [0.25, 0.3) is 0 Å². The van der Waals surface area contributed by atoms with E-state index in [1.807, 2.05) is 24.3 Å². The monoisotopic (exact) mass is 392 g/mol. The summed E-state index contributed by atoms with van der Waals surface area (Å²) in [5.74, 6) is 1.94. The minimum Gasteiger partial charge on any atom is -0.497 e. The second-order valence-electron chi connectivity index (χ2n) is 7.56. The molecule has 2 aromatic rings. The van der Waals surface area contributed by atoms with Crippen molar-refractivity contribution in [3.05, 3.63) is 53.6 Å². The lowest BCUT2D eigenvalue weighted by atomic mass is 10.1. The zero-order valence-electron chi connectivity index (χ0n) is 17.2. The van der Waals surface area contributed by atoms with Crippen LogP contribution in [0.3, 0.4) is 0 Å². The van der Waals surface area contributed by atoms with Gasteiger partial charge in [-0.05, 0) is 74.2 Å². The zero-order valence-corrected chi connectivity index (χ0v) is 17.2. The fourth-order valence-electron chi connectivity index (χ4n) is 3.92. The third-order valence-corrected chi connectivity index (χ3v) is 5.19. The van der Waals surface area contributed by atoms with Crippen molar-refractivity contribution >= 4 is 23.3 Å². The van der Waals surface area contributed by atoms with Gasteiger partial charge in [0.15, 0.2) is 0 Å². The van der Waals surface area contributed by atoms with Crippen LogP contribution < -0.4 is 20.7 Å². The Balaban J connectivity index is 1.72. The average molecular weight is 393 g/mol. The molecule has 0 bridgehead atoms. The van der Waals surface area contributed by atoms with Crippen molar-refractivity contribution in [2.45, 2.75) is 33.0 Å². The standard InChI is InChI=1S/C22H28N6O/c1-15-12-16(2)14-17(13-15)24-21-25-20(23)26-22(27-10-4-5-11-27)28(21)18-6-8-19(29-3)9-7-18/h6-9,12-14,21,24H,4-5,10-11H2,1-3H3,(H2,23,25). The van der Waals surface area contributed by atoms with Crippen LogP contribution >= 0.6 is 0 Å². The number of hydrogen-bond acceptors (Lipinski definition) is 7. The molecule has 4 rings (SSSR count). The van der Waals surface area contributed by atoms with Crippen molar-refractivity contribution in [3.8, 4) is 5.75 Å².